The molecule has 0 spiro atoms. The van der Waals surface area contributed by atoms with Gasteiger partial charge in [-0.3, -0.25) is 4.79 Å². The second-order valence-corrected chi connectivity index (χ2v) is 8.01. The molecule has 180 valence electrons. The number of hydrogen-bond acceptors (Lipinski definition) is 6. The molecule has 2 aromatic carbocycles. The van der Waals surface area contributed by atoms with Crippen molar-refractivity contribution in [1.29, 1.82) is 0 Å². The largest absolute Gasteiger partial charge is 0.506 e. The Morgan fingerprint density at radius 1 is 1.21 bits per heavy atom. The van der Waals surface area contributed by atoms with Crippen molar-refractivity contribution in [1.82, 2.24) is 9.78 Å². The number of phenols is 1. The lowest BCUT2D eigenvalue weighted by molar-refractivity contribution is -0.173. The molecule has 12 heteroatoms. The monoisotopic (exact) mass is 496 g/mol. The predicted molar refractivity (Wildman–Crippen MR) is 119 cm³/mol. The van der Waals surface area contributed by atoms with Crippen LogP contribution in [0.15, 0.2) is 42.6 Å². The molecular formula is C22H20ClF3N4O4. The molecule has 1 aromatic heterocycles. The van der Waals surface area contributed by atoms with Crippen LogP contribution in [0.25, 0.3) is 0 Å². The van der Waals surface area contributed by atoms with Crippen molar-refractivity contribution in [2.45, 2.75) is 24.7 Å². The number of aromatic nitrogens is 2. The van der Waals surface area contributed by atoms with Gasteiger partial charge in [0.2, 0.25) is 0 Å². The number of hydrogen-bond donors (Lipinski definition) is 3. The molecule has 0 saturated carbocycles. The quantitative estimate of drug-likeness (QED) is 0.421. The molecule has 1 aliphatic rings. The number of amides is 1. The van der Waals surface area contributed by atoms with Crippen LogP contribution < -0.4 is 20.1 Å². The van der Waals surface area contributed by atoms with Crippen LogP contribution in [0.5, 0.6) is 17.2 Å². The van der Waals surface area contributed by atoms with E-state index < -0.39 is 24.2 Å². The van der Waals surface area contributed by atoms with Crippen LogP contribution in [0.2, 0.25) is 5.02 Å². The van der Waals surface area contributed by atoms with Crippen LogP contribution in [-0.2, 0) is 0 Å². The molecule has 0 radical (unpaired) electrons. The fourth-order valence-corrected chi connectivity index (χ4v) is 3.99. The number of alkyl halides is 3. The number of nitrogens with one attached hydrogen (secondary N) is 2. The molecule has 2 heterocycles. The number of phenolic OH excluding ortho intramolecular Hbond substituents is 1. The number of fused-ring (bicyclic) bond motifs is 1. The van der Waals surface area contributed by atoms with Crippen LogP contribution in [-0.4, -0.2) is 41.2 Å². The van der Waals surface area contributed by atoms with Gasteiger partial charge in [-0.1, -0.05) is 17.7 Å². The van der Waals surface area contributed by atoms with E-state index >= 15 is 0 Å². The number of benzene rings is 2. The molecule has 0 fully saturated rings. The number of halogens is 4. The zero-order valence-corrected chi connectivity index (χ0v) is 18.7. The third-order valence-corrected chi connectivity index (χ3v) is 5.73. The number of methoxy groups -OCH3 is 2. The van der Waals surface area contributed by atoms with Crippen molar-refractivity contribution >= 4 is 29.0 Å². The van der Waals surface area contributed by atoms with Gasteiger partial charge >= 0.3 is 6.18 Å². The lowest BCUT2D eigenvalue weighted by Crippen LogP contribution is -2.36. The summed E-state index contributed by atoms with van der Waals surface area (Å²) in [5, 5.41) is 19.5. The Labute approximate surface area is 197 Å². The summed E-state index contributed by atoms with van der Waals surface area (Å²) in [7, 11) is 2.88. The minimum Gasteiger partial charge on any atom is -0.506 e. The van der Waals surface area contributed by atoms with Gasteiger partial charge < -0.3 is 25.2 Å². The lowest BCUT2D eigenvalue weighted by Gasteiger charge is -2.34. The Morgan fingerprint density at radius 3 is 2.62 bits per heavy atom. The molecule has 8 nitrogen and oxygen atoms in total. The van der Waals surface area contributed by atoms with Crippen molar-refractivity contribution in [3.05, 3.63) is 58.7 Å². The molecule has 0 saturated heterocycles. The van der Waals surface area contributed by atoms with Gasteiger partial charge in [-0.2, -0.15) is 18.3 Å². The van der Waals surface area contributed by atoms with Gasteiger partial charge in [-0.15, -0.1) is 0 Å². The third kappa shape index (κ3) is 4.43. The van der Waals surface area contributed by atoms with Crippen LogP contribution in [0.1, 0.15) is 34.4 Å². The second kappa shape index (κ2) is 8.98. The highest BCUT2D eigenvalue weighted by atomic mass is 35.5. The number of carbonyl (C=O) groups excluding carboxylic acids is 1. The van der Waals surface area contributed by atoms with E-state index in [0.29, 0.717) is 17.1 Å². The van der Waals surface area contributed by atoms with Gasteiger partial charge in [0.25, 0.3) is 5.91 Å². The van der Waals surface area contributed by atoms with Crippen molar-refractivity contribution in [3.8, 4) is 17.2 Å². The van der Waals surface area contributed by atoms with Crippen LogP contribution in [0.4, 0.5) is 24.7 Å². The van der Waals surface area contributed by atoms with Crippen LogP contribution in [0.3, 0.4) is 0 Å². The van der Waals surface area contributed by atoms with E-state index in [2.05, 4.69) is 15.7 Å². The average molecular weight is 497 g/mol. The van der Waals surface area contributed by atoms with Crippen molar-refractivity contribution in [2.75, 3.05) is 24.9 Å². The highest BCUT2D eigenvalue weighted by molar-refractivity contribution is 6.31. The minimum atomic E-state index is -4.61. The first-order chi connectivity index (χ1) is 16.1. The predicted octanol–water partition coefficient (Wildman–Crippen LogP) is 5.17. The summed E-state index contributed by atoms with van der Waals surface area (Å²) in [5.41, 5.74) is 0.397. The van der Waals surface area contributed by atoms with E-state index in [4.69, 9.17) is 21.1 Å². The van der Waals surface area contributed by atoms with Gasteiger partial charge in [0.1, 0.15) is 17.1 Å². The summed E-state index contributed by atoms with van der Waals surface area (Å²) in [6.07, 6.45) is -3.92. The fraction of sp³-hybridized carbons (Fsp3) is 0.273. The number of rotatable bonds is 5. The number of ether oxygens (including phenoxy) is 2. The zero-order valence-electron chi connectivity index (χ0n) is 18.0. The van der Waals surface area contributed by atoms with Crippen LogP contribution >= 0.6 is 11.6 Å². The summed E-state index contributed by atoms with van der Waals surface area (Å²) in [4.78, 5) is 12.9. The number of anilines is 2. The van der Waals surface area contributed by atoms with Gasteiger partial charge in [0.05, 0.1) is 32.1 Å². The van der Waals surface area contributed by atoms with E-state index in [1.165, 1.54) is 32.4 Å². The molecule has 0 unspecified atom stereocenters. The summed E-state index contributed by atoms with van der Waals surface area (Å²) >= 11 is 5.91. The van der Waals surface area contributed by atoms with Gasteiger partial charge in [0.15, 0.2) is 17.5 Å². The summed E-state index contributed by atoms with van der Waals surface area (Å²) < 4.78 is 53.1. The van der Waals surface area contributed by atoms with Crippen LogP contribution in [0, 0.1) is 0 Å². The Morgan fingerprint density at radius 2 is 1.94 bits per heavy atom. The van der Waals surface area contributed by atoms with Crippen molar-refractivity contribution < 1.29 is 32.5 Å². The molecule has 4 rings (SSSR count). The molecule has 34 heavy (non-hydrogen) atoms. The number of carbonyl (C=O) groups is 1. The van der Waals surface area contributed by atoms with Crippen molar-refractivity contribution in [2.24, 2.45) is 0 Å². The maximum atomic E-state index is 13.9. The van der Waals surface area contributed by atoms with Crippen molar-refractivity contribution in [3.63, 3.8) is 0 Å². The van der Waals surface area contributed by atoms with Gasteiger partial charge in [0, 0.05) is 11.4 Å². The van der Waals surface area contributed by atoms with E-state index in [9.17, 15) is 23.1 Å². The Hall–Kier alpha value is -3.60. The fourth-order valence-electron chi connectivity index (χ4n) is 3.81. The van der Waals surface area contributed by atoms with Gasteiger partial charge in [-0.25, -0.2) is 4.68 Å². The third-order valence-electron chi connectivity index (χ3n) is 5.50. The first-order valence-electron chi connectivity index (χ1n) is 10.0. The second-order valence-electron chi connectivity index (χ2n) is 7.57. The lowest BCUT2D eigenvalue weighted by atomic mass is 9.96. The molecule has 0 aliphatic carbocycles. The SMILES string of the molecule is COc1ccc([C@@H]2C[C@@H](C(F)(F)F)n3ncc(C(=O)Nc4cc(Cl)ccc4O)c3N2)cc1OC. The van der Waals surface area contributed by atoms with E-state index in [1.807, 2.05) is 0 Å². The zero-order chi connectivity index (χ0) is 24.6. The molecule has 1 amide bonds. The summed E-state index contributed by atoms with van der Waals surface area (Å²) in [6.45, 7) is 0. The summed E-state index contributed by atoms with van der Waals surface area (Å²) in [6, 6.07) is 6.07. The Kier molecular flexibility index (Phi) is 6.22. The Balaban J connectivity index is 1.71. The molecule has 3 aromatic rings. The number of nitrogens with zero attached hydrogens (tertiary/aromatic N) is 2. The normalized spacial score (nSPS) is 17.5. The minimum absolute atomic E-state index is 0.0112. The molecule has 2 atom stereocenters. The smallest absolute Gasteiger partial charge is 0.410 e. The highest BCUT2D eigenvalue weighted by Gasteiger charge is 2.47. The maximum Gasteiger partial charge on any atom is 0.410 e. The van der Waals surface area contributed by atoms with E-state index in [1.54, 1.807) is 18.2 Å². The topological polar surface area (TPSA) is 97.6 Å². The molecule has 0 bridgehead atoms. The molecule has 1 aliphatic heterocycles. The molecular weight excluding hydrogens is 477 g/mol. The van der Waals surface area contributed by atoms with E-state index in [0.717, 1.165) is 10.9 Å². The van der Waals surface area contributed by atoms with Gasteiger partial charge in [-0.05, 0) is 35.9 Å². The first-order valence-corrected chi connectivity index (χ1v) is 10.4. The highest BCUT2D eigenvalue weighted by Crippen LogP contribution is 2.45. The Bertz CT molecular complexity index is 1230. The molecule has 3 N–H and O–H groups in total. The summed E-state index contributed by atoms with van der Waals surface area (Å²) in [5.74, 6) is -0.324. The standard InChI is InChI=1S/C22H20ClF3N4O4/c1-33-17-6-3-11(7-18(17)34-2)14-9-19(22(24,25)26)30-20(28-14)13(10-27-30)21(32)29-15-8-12(23)4-5-16(15)31/h3-8,10,14,19,28,31H,9H2,1-2H3,(H,29,32)/t14-,19-/m0/s1. The average Bonchev–Trinajstić information content (AvgIpc) is 3.23. The van der Waals surface area contributed by atoms with E-state index in [-0.39, 0.29) is 34.3 Å². The first kappa shape index (κ1) is 23.6. The maximum absolute atomic E-state index is 13.9. The number of aromatic hydroxyl groups is 1.